The van der Waals surface area contributed by atoms with Gasteiger partial charge in [-0.25, -0.2) is 0 Å². The third-order valence-corrected chi connectivity index (χ3v) is 2.63. The normalized spacial score (nSPS) is 30.7. The van der Waals surface area contributed by atoms with Crippen LogP contribution in [0.15, 0.2) is 0 Å². The van der Waals surface area contributed by atoms with Crippen molar-refractivity contribution in [3.63, 3.8) is 0 Å². The van der Waals surface area contributed by atoms with Crippen molar-refractivity contribution in [3.8, 4) is 0 Å². The fourth-order valence-corrected chi connectivity index (χ4v) is 2.02. The molecule has 0 aromatic heterocycles. The molecule has 0 aromatic carbocycles. The molecule has 1 saturated heterocycles. The first kappa shape index (κ1) is 9.86. The topological polar surface area (TPSA) is 23.6 Å². The Morgan fingerprint density at radius 2 is 2.17 bits per heavy atom. The molecule has 1 fully saturated rings. The van der Waals surface area contributed by atoms with Crippen molar-refractivity contribution < 1.29 is 4.79 Å². The molecule has 0 spiro atoms. The van der Waals surface area contributed by atoms with Crippen LogP contribution in [0, 0.1) is 0 Å². The van der Waals surface area contributed by atoms with Crippen LogP contribution in [0.5, 0.6) is 0 Å². The van der Waals surface area contributed by atoms with E-state index in [4.69, 9.17) is 0 Å². The van der Waals surface area contributed by atoms with Gasteiger partial charge in [0.1, 0.15) is 0 Å². The molecule has 4 heteroatoms. The Hall–Kier alpha value is -0.220. The SMILES string of the molecule is CN(C)C(=O)C1CC(S)CN1C. The van der Waals surface area contributed by atoms with Gasteiger partial charge in [-0.1, -0.05) is 0 Å². The Morgan fingerprint density at radius 3 is 2.50 bits per heavy atom. The van der Waals surface area contributed by atoms with E-state index in [2.05, 4.69) is 17.5 Å². The van der Waals surface area contributed by atoms with Crippen molar-refractivity contribution in [3.05, 3.63) is 0 Å². The van der Waals surface area contributed by atoms with E-state index in [-0.39, 0.29) is 11.9 Å². The van der Waals surface area contributed by atoms with Crippen molar-refractivity contribution in [1.29, 1.82) is 0 Å². The molecule has 2 unspecified atom stereocenters. The average Bonchev–Trinajstić information content (AvgIpc) is 2.28. The summed E-state index contributed by atoms with van der Waals surface area (Å²) in [6.07, 6.45) is 0.872. The van der Waals surface area contributed by atoms with Gasteiger partial charge in [0.05, 0.1) is 6.04 Å². The molecule has 1 amide bonds. The lowest BCUT2D eigenvalue weighted by molar-refractivity contribution is -0.132. The quantitative estimate of drug-likeness (QED) is 0.589. The third kappa shape index (κ3) is 1.93. The Labute approximate surface area is 79.1 Å². The van der Waals surface area contributed by atoms with Crippen LogP contribution >= 0.6 is 12.6 Å². The number of likely N-dealkylation sites (tertiary alicyclic amines) is 1. The van der Waals surface area contributed by atoms with Crippen LogP contribution in [-0.2, 0) is 4.79 Å². The minimum absolute atomic E-state index is 0.0440. The first-order valence-corrected chi connectivity index (χ1v) is 4.63. The first-order chi connectivity index (χ1) is 5.52. The number of thiol groups is 1. The summed E-state index contributed by atoms with van der Waals surface area (Å²) in [5, 5.41) is 0.351. The summed E-state index contributed by atoms with van der Waals surface area (Å²) in [6, 6.07) is 0.0440. The number of rotatable bonds is 1. The molecule has 1 heterocycles. The van der Waals surface area contributed by atoms with Gasteiger partial charge < -0.3 is 4.90 Å². The van der Waals surface area contributed by atoms with E-state index in [9.17, 15) is 4.79 Å². The van der Waals surface area contributed by atoms with Crippen LogP contribution in [-0.4, -0.2) is 54.7 Å². The second kappa shape index (κ2) is 3.66. The lowest BCUT2D eigenvalue weighted by atomic mass is 10.2. The Morgan fingerprint density at radius 1 is 1.58 bits per heavy atom. The molecule has 1 aliphatic rings. The Kier molecular flexibility index (Phi) is 3.01. The number of amides is 1. The van der Waals surface area contributed by atoms with Gasteiger partial charge in [0.25, 0.3) is 0 Å². The molecule has 3 nitrogen and oxygen atoms in total. The number of hydrogen-bond donors (Lipinski definition) is 1. The molecule has 0 aliphatic carbocycles. The summed E-state index contributed by atoms with van der Waals surface area (Å²) in [6.45, 7) is 0.910. The second-order valence-electron chi connectivity index (χ2n) is 3.58. The molecule has 2 atom stereocenters. The van der Waals surface area contributed by atoms with Gasteiger partial charge in [0, 0.05) is 25.9 Å². The maximum atomic E-state index is 11.6. The summed E-state index contributed by atoms with van der Waals surface area (Å²) < 4.78 is 0. The maximum absolute atomic E-state index is 11.6. The van der Waals surface area contributed by atoms with Crippen LogP contribution in [0.2, 0.25) is 0 Å². The standard InChI is InChI=1S/C8H16N2OS/c1-9(2)8(11)7-4-6(12)5-10(7)3/h6-7,12H,4-5H2,1-3H3. The lowest BCUT2D eigenvalue weighted by Gasteiger charge is -2.21. The van der Waals surface area contributed by atoms with E-state index in [1.807, 2.05) is 7.05 Å². The van der Waals surface area contributed by atoms with E-state index in [1.165, 1.54) is 0 Å². The zero-order valence-corrected chi connectivity index (χ0v) is 8.71. The van der Waals surface area contributed by atoms with E-state index in [0.717, 1.165) is 13.0 Å². The van der Waals surface area contributed by atoms with E-state index < -0.39 is 0 Å². The number of carbonyl (C=O) groups is 1. The van der Waals surface area contributed by atoms with Crippen LogP contribution in [0.25, 0.3) is 0 Å². The van der Waals surface area contributed by atoms with Crippen LogP contribution in [0.3, 0.4) is 0 Å². The van der Waals surface area contributed by atoms with Crippen LogP contribution in [0.1, 0.15) is 6.42 Å². The highest BCUT2D eigenvalue weighted by atomic mass is 32.1. The Balaban J connectivity index is 2.58. The molecule has 0 aromatic rings. The van der Waals surface area contributed by atoms with Crippen LogP contribution < -0.4 is 0 Å². The highest BCUT2D eigenvalue weighted by Crippen LogP contribution is 2.20. The number of nitrogens with zero attached hydrogens (tertiary/aromatic N) is 2. The molecule has 0 radical (unpaired) electrons. The number of hydrogen-bond acceptors (Lipinski definition) is 3. The molecule has 0 saturated carbocycles. The van der Waals surface area contributed by atoms with Crippen molar-refractivity contribution in [1.82, 2.24) is 9.80 Å². The van der Waals surface area contributed by atoms with Crippen molar-refractivity contribution >= 4 is 18.5 Å². The summed E-state index contributed by atoms with van der Waals surface area (Å²) in [5.41, 5.74) is 0. The molecule has 1 aliphatic heterocycles. The molecule has 1 rings (SSSR count). The van der Waals surface area contributed by atoms with E-state index >= 15 is 0 Å². The predicted molar refractivity (Wildman–Crippen MR) is 52.5 cm³/mol. The minimum Gasteiger partial charge on any atom is -0.347 e. The van der Waals surface area contributed by atoms with Gasteiger partial charge in [-0.2, -0.15) is 12.6 Å². The third-order valence-electron chi connectivity index (χ3n) is 2.25. The van der Waals surface area contributed by atoms with E-state index in [0.29, 0.717) is 5.25 Å². The summed E-state index contributed by atoms with van der Waals surface area (Å²) in [7, 11) is 5.56. The van der Waals surface area contributed by atoms with Gasteiger partial charge in [0.15, 0.2) is 0 Å². The van der Waals surface area contributed by atoms with Crippen molar-refractivity contribution in [2.24, 2.45) is 0 Å². The Bertz CT molecular complexity index is 184. The van der Waals surface area contributed by atoms with E-state index in [1.54, 1.807) is 19.0 Å². The minimum atomic E-state index is 0.0440. The fourth-order valence-electron chi connectivity index (χ4n) is 1.56. The highest BCUT2D eigenvalue weighted by molar-refractivity contribution is 7.81. The molecule has 12 heavy (non-hydrogen) atoms. The first-order valence-electron chi connectivity index (χ1n) is 4.12. The summed E-state index contributed by atoms with van der Waals surface area (Å²) in [5.74, 6) is 0.189. The van der Waals surface area contributed by atoms with Crippen LogP contribution in [0.4, 0.5) is 0 Å². The molecule has 70 valence electrons. The predicted octanol–water partition coefficient (Wildman–Crippen LogP) is 0.0771. The molecular weight excluding hydrogens is 172 g/mol. The fraction of sp³-hybridized carbons (Fsp3) is 0.875. The highest BCUT2D eigenvalue weighted by Gasteiger charge is 2.33. The summed E-state index contributed by atoms with van der Waals surface area (Å²) >= 11 is 4.36. The van der Waals surface area contributed by atoms with Crippen molar-refractivity contribution in [2.75, 3.05) is 27.7 Å². The van der Waals surface area contributed by atoms with Gasteiger partial charge in [0.2, 0.25) is 5.91 Å². The lowest BCUT2D eigenvalue weighted by Crippen LogP contribution is -2.40. The molecular formula is C8H16N2OS. The van der Waals surface area contributed by atoms with Gasteiger partial charge in [-0.15, -0.1) is 0 Å². The smallest absolute Gasteiger partial charge is 0.239 e. The number of likely N-dealkylation sites (N-methyl/N-ethyl adjacent to an activating group) is 2. The zero-order valence-electron chi connectivity index (χ0n) is 7.82. The van der Waals surface area contributed by atoms with Gasteiger partial charge in [-0.05, 0) is 13.5 Å². The summed E-state index contributed by atoms with van der Waals surface area (Å²) in [4.78, 5) is 15.3. The monoisotopic (exact) mass is 188 g/mol. The molecule has 0 N–H and O–H groups in total. The molecule has 0 bridgehead atoms. The van der Waals surface area contributed by atoms with Gasteiger partial charge >= 0.3 is 0 Å². The average molecular weight is 188 g/mol. The maximum Gasteiger partial charge on any atom is 0.239 e. The number of carbonyl (C=O) groups excluding carboxylic acids is 1. The van der Waals surface area contributed by atoms with Gasteiger partial charge in [-0.3, -0.25) is 9.69 Å². The largest absolute Gasteiger partial charge is 0.347 e. The zero-order chi connectivity index (χ0) is 9.30. The van der Waals surface area contributed by atoms with Crippen molar-refractivity contribution in [2.45, 2.75) is 17.7 Å². The second-order valence-corrected chi connectivity index (χ2v) is 4.31.